The van der Waals surface area contributed by atoms with Crippen molar-refractivity contribution in [3.8, 4) is 5.69 Å². The minimum Gasteiger partial charge on any atom is -0.326 e. The first kappa shape index (κ1) is 18.6. The Morgan fingerprint density at radius 1 is 1.20 bits per heavy atom. The summed E-state index contributed by atoms with van der Waals surface area (Å²) in [5.41, 5.74) is 3.10. The number of carbonyl (C=O) groups is 1. The molecule has 1 amide bonds. The van der Waals surface area contributed by atoms with Gasteiger partial charge in [0.2, 0.25) is 5.91 Å². The van der Waals surface area contributed by atoms with Gasteiger partial charge in [0.1, 0.15) is 5.39 Å². The summed E-state index contributed by atoms with van der Waals surface area (Å²) in [4.78, 5) is 30.4. The number of carbonyl (C=O) groups excluding carboxylic acids is 1. The molecule has 5 rings (SSSR count). The van der Waals surface area contributed by atoms with Crippen molar-refractivity contribution >= 4 is 34.4 Å². The van der Waals surface area contributed by atoms with Crippen LogP contribution in [0, 0.1) is 6.92 Å². The van der Waals surface area contributed by atoms with Crippen LogP contribution in [0.15, 0.2) is 70.7 Å². The van der Waals surface area contributed by atoms with Crippen molar-refractivity contribution in [3.05, 3.63) is 76.7 Å². The number of thioether (sulfide) groups is 1. The Balaban J connectivity index is 1.47. The Kier molecular flexibility index (Phi) is 4.63. The summed E-state index contributed by atoms with van der Waals surface area (Å²) in [5, 5.41) is 8.37. The molecule has 1 unspecified atom stereocenters. The molecular weight excluding hydrogens is 398 g/mol. The molecule has 2 aromatic carbocycles. The summed E-state index contributed by atoms with van der Waals surface area (Å²) in [7, 11) is 0. The Hall–Kier alpha value is -3.39. The first-order valence-corrected chi connectivity index (χ1v) is 10.6. The molecule has 0 fully saturated rings. The largest absolute Gasteiger partial charge is 0.326 e. The first-order valence-electron chi connectivity index (χ1n) is 9.65. The molecule has 1 N–H and O–H groups in total. The van der Waals surface area contributed by atoms with Gasteiger partial charge >= 0.3 is 0 Å². The van der Waals surface area contributed by atoms with E-state index < -0.39 is 0 Å². The second-order valence-corrected chi connectivity index (χ2v) is 8.27. The second kappa shape index (κ2) is 7.46. The van der Waals surface area contributed by atoms with Crippen molar-refractivity contribution in [2.75, 3.05) is 11.1 Å². The molecule has 2 aromatic heterocycles. The fourth-order valence-electron chi connectivity index (χ4n) is 3.68. The number of nitrogens with one attached hydrogen (secondary N) is 1. The molecule has 1 atom stereocenters. The molecule has 0 aliphatic carbocycles. The number of anilines is 1. The highest BCUT2D eigenvalue weighted by atomic mass is 32.2. The maximum Gasteiger partial charge on any atom is 0.265 e. The number of rotatable bonds is 4. The summed E-state index contributed by atoms with van der Waals surface area (Å²) in [6, 6.07) is 17.0. The zero-order valence-electron chi connectivity index (χ0n) is 16.3. The number of fused-ring (bicyclic) bond motifs is 2. The van der Waals surface area contributed by atoms with Crippen LogP contribution in [0.5, 0.6) is 0 Å². The summed E-state index contributed by atoms with van der Waals surface area (Å²) in [5.74, 6) is 0.511. The third-order valence-electron chi connectivity index (χ3n) is 5.10. The molecule has 3 heterocycles. The Labute approximate surface area is 176 Å². The van der Waals surface area contributed by atoms with E-state index in [0.717, 1.165) is 16.9 Å². The van der Waals surface area contributed by atoms with Gasteiger partial charge in [0, 0.05) is 17.9 Å². The highest BCUT2D eigenvalue weighted by molar-refractivity contribution is 7.99. The highest BCUT2D eigenvalue weighted by Gasteiger charge is 2.29. The predicted molar refractivity (Wildman–Crippen MR) is 117 cm³/mol. The summed E-state index contributed by atoms with van der Waals surface area (Å²) in [6.45, 7) is 2.01. The molecule has 0 spiro atoms. The van der Waals surface area contributed by atoms with Crippen molar-refractivity contribution in [2.45, 2.75) is 24.5 Å². The molecule has 1 aliphatic rings. The molecule has 7 nitrogen and oxygen atoms in total. The monoisotopic (exact) mass is 417 g/mol. The van der Waals surface area contributed by atoms with Gasteiger partial charge in [-0.1, -0.05) is 42.1 Å². The fraction of sp³-hybridized carbons (Fsp3) is 0.182. The van der Waals surface area contributed by atoms with Gasteiger partial charge in [0.15, 0.2) is 10.8 Å². The van der Waals surface area contributed by atoms with Crippen molar-refractivity contribution in [1.82, 2.24) is 19.3 Å². The number of hydrogen-bond acceptors (Lipinski definition) is 5. The van der Waals surface area contributed by atoms with Crippen LogP contribution in [0.4, 0.5) is 5.69 Å². The number of aryl methyl sites for hydroxylation is 1. The zero-order chi connectivity index (χ0) is 20.7. The Morgan fingerprint density at radius 2 is 2.03 bits per heavy atom. The van der Waals surface area contributed by atoms with Crippen molar-refractivity contribution in [2.24, 2.45) is 0 Å². The molecule has 0 saturated heterocycles. The van der Waals surface area contributed by atoms with E-state index in [9.17, 15) is 9.59 Å². The molecule has 30 heavy (non-hydrogen) atoms. The van der Waals surface area contributed by atoms with Gasteiger partial charge in [-0.05, 0) is 36.8 Å². The van der Waals surface area contributed by atoms with Crippen LogP contribution < -0.4 is 10.9 Å². The number of hydrogen-bond donors (Lipinski definition) is 1. The molecule has 0 radical (unpaired) electrons. The smallest absolute Gasteiger partial charge is 0.265 e. The lowest BCUT2D eigenvalue weighted by Crippen LogP contribution is -2.27. The van der Waals surface area contributed by atoms with Crippen LogP contribution in [0.25, 0.3) is 16.7 Å². The average Bonchev–Trinajstić information content (AvgIpc) is 3.34. The number of aromatic nitrogens is 4. The van der Waals surface area contributed by atoms with Crippen LogP contribution in [-0.4, -0.2) is 31.0 Å². The lowest BCUT2D eigenvalue weighted by atomic mass is 10.2. The van der Waals surface area contributed by atoms with Crippen molar-refractivity contribution in [3.63, 3.8) is 0 Å². The van der Waals surface area contributed by atoms with Gasteiger partial charge in [-0.25, -0.2) is 9.67 Å². The molecule has 1 aliphatic heterocycles. The molecule has 150 valence electrons. The fourth-order valence-corrected chi connectivity index (χ4v) is 4.81. The number of nitrogens with zero attached hydrogens (tertiary/aromatic N) is 4. The second-order valence-electron chi connectivity index (χ2n) is 7.29. The van der Waals surface area contributed by atoms with Gasteiger partial charge in [-0.2, -0.15) is 5.10 Å². The number of benzene rings is 2. The summed E-state index contributed by atoms with van der Waals surface area (Å²) < 4.78 is 3.33. The van der Waals surface area contributed by atoms with Gasteiger partial charge in [0.25, 0.3) is 5.56 Å². The standard InChI is InChI=1S/C22H19N5O2S/c1-14-6-5-9-16(10-14)27-20-18(12-23-27)21(29)26-17(13-30-22(26)25-20)11-19(28)24-15-7-3-2-4-8-15/h2-10,12,17H,11,13H2,1H3,(H,24,28). The van der Waals surface area contributed by atoms with Crippen LogP contribution in [0.3, 0.4) is 0 Å². The minimum absolute atomic E-state index is 0.123. The average molecular weight is 417 g/mol. The Morgan fingerprint density at radius 3 is 2.83 bits per heavy atom. The highest BCUT2D eigenvalue weighted by Crippen LogP contribution is 2.33. The van der Waals surface area contributed by atoms with Gasteiger partial charge < -0.3 is 5.32 Å². The third kappa shape index (κ3) is 3.29. The molecule has 0 saturated carbocycles. The molecular formula is C22H19N5O2S. The van der Waals surface area contributed by atoms with E-state index in [1.165, 1.54) is 11.8 Å². The Bertz CT molecular complexity index is 1310. The van der Waals surface area contributed by atoms with Crippen molar-refractivity contribution < 1.29 is 4.79 Å². The lowest BCUT2D eigenvalue weighted by Gasteiger charge is -2.13. The van der Waals surface area contributed by atoms with Crippen LogP contribution in [0.2, 0.25) is 0 Å². The number of para-hydroxylation sites is 1. The number of amides is 1. The molecule has 8 heteroatoms. The minimum atomic E-state index is -0.236. The summed E-state index contributed by atoms with van der Waals surface area (Å²) >= 11 is 1.49. The topological polar surface area (TPSA) is 81.8 Å². The van der Waals surface area contributed by atoms with E-state index in [-0.39, 0.29) is 23.9 Å². The molecule has 0 bridgehead atoms. The van der Waals surface area contributed by atoms with E-state index in [2.05, 4.69) is 10.4 Å². The van der Waals surface area contributed by atoms with Gasteiger partial charge in [-0.3, -0.25) is 14.2 Å². The van der Waals surface area contributed by atoms with E-state index in [1.807, 2.05) is 61.5 Å². The predicted octanol–water partition coefficient (Wildman–Crippen LogP) is 3.57. The van der Waals surface area contributed by atoms with Gasteiger partial charge in [-0.15, -0.1) is 0 Å². The summed E-state index contributed by atoms with van der Waals surface area (Å²) in [6.07, 6.45) is 1.78. The lowest BCUT2D eigenvalue weighted by molar-refractivity contribution is -0.116. The van der Waals surface area contributed by atoms with E-state index in [0.29, 0.717) is 21.9 Å². The van der Waals surface area contributed by atoms with E-state index in [4.69, 9.17) is 4.98 Å². The van der Waals surface area contributed by atoms with Crippen LogP contribution in [-0.2, 0) is 4.79 Å². The van der Waals surface area contributed by atoms with Crippen molar-refractivity contribution in [1.29, 1.82) is 0 Å². The zero-order valence-corrected chi connectivity index (χ0v) is 17.1. The maximum atomic E-state index is 13.2. The third-order valence-corrected chi connectivity index (χ3v) is 6.19. The maximum absolute atomic E-state index is 13.2. The normalized spacial score (nSPS) is 15.3. The van der Waals surface area contributed by atoms with E-state index >= 15 is 0 Å². The van der Waals surface area contributed by atoms with E-state index in [1.54, 1.807) is 15.4 Å². The quantitative estimate of drug-likeness (QED) is 0.514. The van der Waals surface area contributed by atoms with Crippen LogP contribution >= 0.6 is 11.8 Å². The SMILES string of the molecule is Cc1cccc(-n2ncc3c(=O)n4c(nc32)SCC4CC(=O)Nc2ccccc2)c1. The first-order chi connectivity index (χ1) is 14.6. The molecule has 4 aromatic rings. The van der Waals surface area contributed by atoms with Gasteiger partial charge in [0.05, 0.1) is 17.9 Å². The van der Waals surface area contributed by atoms with Crippen LogP contribution in [0.1, 0.15) is 18.0 Å².